The Morgan fingerprint density at radius 3 is 2.48 bits per heavy atom. The van der Waals surface area contributed by atoms with Gasteiger partial charge in [0.2, 0.25) is 5.96 Å². The van der Waals surface area contributed by atoms with Crippen LogP contribution in [0, 0.1) is 22.8 Å². The zero-order valence-electron chi connectivity index (χ0n) is 22.7. The van der Waals surface area contributed by atoms with Crippen LogP contribution in [0.25, 0.3) is 0 Å². The molecule has 7 N–H and O–H groups in total. The van der Waals surface area contributed by atoms with E-state index >= 15 is 0 Å². The molecule has 42 heavy (non-hydrogen) atoms. The van der Waals surface area contributed by atoms with E-state index in [9.17, 15) is 14.9 Å². The smallest absolute Gasteiger partial charge is 0.338 e. The zero-order chi connectivity index (χ0) is 30.2. The fraction of sp³-hybridized carbons (Fsp3) is 0.214. The van der Waals surface area contributed by atoms with Gasteiger partial charge in [-0.2, -0.15) is 10.5 Å². The number of esters is 1. The number of nitrogens with two attached hydrogens (primary N) is 2. The molecule has 214 valence electrons. The van der Waals surface area contributed by atoms with Crippen LogP contribution >= 0.6 is 0 Å². The predicted octanol–water partition coefficient (Wildman–Crippen LogP) is 2.65. The summed E-state index contributed by atoms with van der Waals surface area (Å²) in [6, 6.07) is 12.4. The van der Waals surface area contributed by atoms with Gasteiger partial charge in [-0.15, -0.1) is 0 Å². The van der Waals surface area contributed by atoms with Gasteiger partial charge in [-0.25, -0.2) is 14.8 Å². The van der Waals surface area contributed by atoms with Crippen LogP contribution in [0.3, 0.4) is 0 Å². The monoisotopic (exact) mass is 569 g/mol. The van der Waals surface area contributed by atoms with Crippen molar-refractivity contribution in [2.24, 2.45) is 4.99 Å². The van der Waals surface area contributed by atoms with E-state index in [-0.39, 0.29) is 42.1 Å². The predicted molar refractivity (Wildman–Crippen MR) is 154 cm³/mol. The van der Waals surface area contributed by atoms with Gasteiger partial charge < -0.3 is 36.3 Å². The summed E-state index contributed by atoms with van der Waals surface area (Å²) in [7, 11) is 0. The van der Waals surface area contributed by atoms with Crippen molar-refractivity contribution in [3.8, 4) is 23.8 Å². The number of nitrogen functional groups attached to an aromatic ring is 2. The minimum absolute atomic E-state index is 0.0129. The summed E-state index contributed by atoms with van der Waals surface area (Å²) in [5, 5.41) is 26.7. The Hall–Kier alpha value is -6.02. The number of fused-ring (bicyclic) bond motifs is 1. The first kappa shape index (κ1) is 29.0. The highest BCUT2D eigenvalue weighted by Crippen LogP contribution is 2.42. The maximum Gasteiger partial charge on any atom is 0.338 e. The summed E-state index contributed by atoms with van der Waals surface area (Å²) in [5.74, 6) is 0.0241. The molecular weight excluding hydrogens is 542 g/mol. The molecule has 4 rings (SSSR count). The normalized spacial score (nSPS) is 13.2. The zero-order valence-corrected chi connectivity index (χ0v) is 22.7. The highest BCUT2D eigenvalue weighted by molar-refractivity contribution is 5.98. The number of aromatic nitrogens is 1. The minimum Gasteiger partial charge on any atom is -0.490 e. The molecule has 1 aliphatic rings. The lowest BCUT2D eigenvalue weighted by molar-refractivity contribution is -0.118. The van der Waals surface area contributed by atoms with Crippen LogP contribution < -0.4 is 36.9 Å². The van der Waals surface area contributed by atoms with Gasteiger partial charge in [0, 0.05) is 11.3 Å². The number of amides is 1. The van der Waals surface area contributed by atoms with Gasteiger partial charge in [0.25, 0.3) is 5.91 Å². The van der Waals surface area contributed by atoms with Crippen molar-refractivity contribution in [2.75, 3.05) is 41.9 Å². The molecule has 2 heterocycles. The number of carbonyl (C=O) groups is 2. The number of benzene rings is 2. The first-order chi connectivity index (χ1) is 20.3. The highest BCUT2D eigenvalue weighted by atomic mass is 16.5. The summed E-state index contributed by atoms with van der Waals surface area (Å²) in [6.07, 6.45) is 1.80. The number of hydrogen-bond donors (Lipinski definition) is 5. The lowest BCUT2D eigenvalue weighted by Gasteiger charge is -2.26. The molecule has 1 unspecified atom stereocenters. The van der Waals surface area contributed by atoms with E-state index in [0.717, 1.165) is 0 Å². The van der Waals surface area contributed by atoms with E-state index in [2.05, 4.69) is 25.9 Å². The molecule has 0 bridgehead atoms. The second-order valence-corrected chi connectivity index (χ2v) is 8.68. The number of ether oxygens (including phenoxy) is 3. The third-order valence-electron chi connectivity index (χ3n) is 5.98. The lowest BCUT2D eigenvalue weighted by Crippen LogP contribution is -2.32. The summed E-state index contributed by atoms with van der Waals surface area (Å²) in [4.78, 5) is 33.2. The van der Waals surface area contributed by atoms with Crippen LogP contribution in [-0.2, 0) is 9.53 Å². The van der Waals surface area contributed by atoms with Crippen molar-refractivity contribution in [3.05, 3.63) is 64.7 Å². The number of rotatable bonds is 9. The fourth-order valence-electron chi connectivity index (χ4n) is 4.15. The molecule has 14 nitrogen and oxygen atoms in total. The summed E-state index contributed by atoms with van der Waals surface area (Å²) in [5.41, 5.74) is 14.2. The molecule has 0 saturated carbocycles. The van der Waals surface area contributed by atoms with E-state index < -0.39 is 17.9 Å². The molecule has 0 radical (unpaired) electrons. The summed E-state index contributed by atoms with van der Waals surface area (Å²) in [6.45, 7) is 3.74. The Kier molecular flexibility index (Phi) is 8.89. The SMILES string of the molecule is CCOC(=O)c1ccc(NC(=O)COc2ccc(C3N=C(NC#N)Nc4nc(N)c(C#N)c(N)c43)cc2OCC)cc1. The van der Waals surface area contributed by atoms with E-state index in [1.165, 1.54) is 0 Å². The number of pyridine rings is 1. The quantitative estimate of drug-likeness (QED) is 0.142. The maximum atomic E-state index is 12.6. The number of aliphatic imine (C=N–C) groups is 1. The van der Waals surface area contributed by atoms with E-state index in [4.69, 9.17) is 30.9 Å². The molecule has 1 atom stereocenters. The number of nitrogens with zero attached hydrogens (tertiary/aromatic N) is 4. The number of carbonyl (C=O) groups excluding carboxylic acids is 2. The average molecular weight is 570 g/mol. The molecule has 0 spiro atoms. The molecule has 0 saturated heterocycles. The molecule has 1 aliphatic heterocycles. The van der Waals surface area contributed by atoms with Crippen molar-refractivity contribution in [3.63, 3.8) is 0 Å². The largest absolute Gasteiger partial charge is 0.490 e. The van der Waals surface area contributed by atoms with E-state index in [1.807, 2.05) is 6.07 Å². The Morgan fingerprint density at radius 2 is 1.81 bits per heavy atom. The number of guanidine groups is 1. The Labute approximate surface area is 240 Å². The van der Waals surface area contributed by atoms with Gasteiger partial charge in [-0.1, -0.05) is 6.07 Å². The van der Waals surface area contributed by atoms with Crippen molar-refractivity contribution in [1.29, 1.82) is 10.5 Å². The van der Waals surface area contributed by atoms with E-state index in [1.54, 1.807) is 62.5 Å². The first-order valence-corrected chi connectivity index (χ1v) is 12.7. The fourth-order valence-corrected chi connectivity index (χ4v) is 4.15. The topological polar surface area (TPSA) is 223 Å². The molecule has 2 aromatic carbocycles. The first-order valence-electron chi connectivity index (χ1n) is 12.7. The molecule has 0 aliphatic carbocycles. The summed E-state index contributed by atoms with van der Waals surface area (Å²) < 4.78 is 16.5. The third-order valence-corrected chi connectivity index (χ3v) is 5.98. The standard InChI is InChI=1S/C28H27N9O5/c1-3-40-20-11-16(24-22-23(31)18(12-29)25(32)36-26(22)37-28(35-24)33-14-30)7-10-19(20)42-13-21(38)34-17-8-5-15(6-9-17)27(39)41-4-2/h5-11,24H,3-4,13H2,1-2H3,(H,34,38)(H6,31,32,33,35,36,37). The average Bonchev–Trinajstić information content (AvgIpc) is 2.97. The minimum atomic E-state index is -0.786. The van der Waals surface area contributed by atoms with Crippen LogP contribution in [0.2, 0.25) is 0 Å². The Balaban J connectivity index is 1.56. The second kappa shape index (κ2) is 12.9. The number of nitrogens with one attached hydrogen (secondary N) is 3. The maximum absolute atomic E-state index is 12.6. The van der Waals surface area contributed by atoms with Crippen LogP contribution in [-0.4, -0.2) is 42.6 Å². The van der Waals surface area contributed by atoms with Gasteiger partial charge in [0.15, 0.2) is 24.3 Å². The van der Waals surface area contributed by atoms with Crippen molar-refractivity contribution in [1.82, 2.24) is 10.3 Å². The van der Waals surface area contributed by atoms with Crippen LogP contribution in [0.5, 0.6) is 11.5 Å². The van der Waals surface area contributed by atoms with Crippen LogP contribution in [0.1, 0.15) is 46.9 Å². The molecule has 1 amide bonds. The lowest BCUT2D eigenvalue weighted by atomic mass is 9.95. The van der Waals surface area contributed by atoms with Gasteiger partial charge in [0.05, 0.1) is 24.5 Å². The third kappa shape index (κ3) is 6.24. The molecule has 3 aromatic rings. The molecule has 1 aromatic heterocycles. The second-order valence-electron chi connectivity index (χ2n) is 8.68. The van der Waals surface area contributed by atoms with Crippen LogP contribution in [0.15, 0.2) is 47.5 Å². The van der Waals surface area contributed by atoms with Gasteiger partial charge in [-0.05, 0) is 55.8 Å². The molecular formula is C28H27N9O5. The Bertz CT molecular complexity index is 1620. The van der Waals surface area contributed by atoms with Crippen molar-refractivity contribution >= 4 is 40.8 Å². The number of hydrogen-bond acceptors (Lipinski definition) is 13. The van der Waals surface area contributed by atoms with Gasteiger partial charge in [-0.3, -0.25) is 10.1 Å². The summed E-state index contributed by atoms with van der Waals surface area (Å²) >= 11 is 0. The van der Waals surface area contributed by atoms with Gasteiger partial charge >= 0.3 is 5.97 Å². The van der Waals surface area contributed by atoms with Crippen LogP contribution in [0.4, 0.5) is 23.0 Å². The van der Waals surface area contributed by atoms with Crippen molar-refractivity contribution < 1.29 is 23.8 Å². The van der Waals surface area contributed by atoms with E-state index in [0.29, 0.717) is 40.5 Å². The molecule has 14 heteroatoms. The number of nitriles is 2. The Morgan fingerprint density at radius 1 is 1.05 bits per heavy atom. The highest BCUT2D eigenvalue weighted by Gasteiger charge is 2.30. The number of anilines is 4. The molecule has 0 fully saturated rings. The van der Waals surface area contributed by atoms with Gasteiger partial charge in [0.1, 0.15) is 29.3 Å². The van der Waals surface area contributed by atoms with Crippen molar-refractivity contribution in [2.45, 2.75) is 19.9 Å².